The highest BCUT2D eigenvalue weighted by atomic mass is 79.9. The molecule has 0 saturated heterocycles. The van der Waals surface area contributed by atoms with Crippen molar-refractivity contribution in [2.45, 2.75) is 38.1 Å². The minimum atomic E-state index is 0.0907. The van der Waals surface area contributed by atoms with Crippen molar-refractivity contribution in [1.82, 2.24) is 0 Å². The Bertz CT molecular complexity index is 288. The van der Waals surface area contributed by atoms with Crippen LogP contribution in [-0.4, -0.2) is 12.6 Å². The maximum atomic E-state index is 6.10. The minimum Gasteiger partial charge on any atom is -0.454 e. The van der Waals surface area contributed by atoms with Gasteiger partial charge in [0.25, 0.3) is 0 Å². The zero-order valence-electron chi connectivity index (χ0n) is 9.08. The van der Waals surface area contributed by atoms with E-state index in [2.05, 4.69) is 22.9 Å². The molecule has 0 bridgehead atoms. The van der Waals surface area contributed by atoms with Crippen LogP contribution >= 0.6 is 15.9 Å². The van der Waals surface area contributed by atoms with E-state index in [0.717, 1.165) is 29.7 Å². The molecule has 15 heavy (non-hydrogen) atoms. The molecule has 2 atom stereocenters. The number of unbranched alkanes of at least 4 members (excludes halogenated alkanes) is 1. The summed E-state index contributed by atoms with van der Waals surface area (Å²) in [6, 6.07) is 3.91. The van der Waals surface area contributed by atoms with Crippen molar-refractivity contribution < 1.29 is 4.42 Å². The molecule has 0 spiro atoms. The van der Waals surface area contributed by atoms with Crippen molar-refractivity contribution in [2.24, 2.45) is 11.5 Å². The molecule has 0 aliphatic rings. The molecule has 1 aromatic rings. The average molecular weight is 275 g/mol. The van der Waals surface area contributed by atoms with Crippen molar-refractivity contribution in [3.63, 3.8) is 0 Å². The van der Waals surface area contributed by atoms with Gasteiger partial charge in [-0.15, -0.1) is 0 Å². The van der Waals surface area contributed by atoms with Crippen LogP contribution in [0.3, 0.4) is 0 Å². The lowest BCUT2D eigenvalue weighted by molar-refractivity contribution is 0.393. The maximum absolute atomic E-state index is 6.10. The fourth-order valence-electron chi connectivity index (χ4n) is 1.67. The van der Waals surface area contributed by atoms with E-state index in [4.69, 9.17) is 15.9 Å². The van der Waals surface area contributed by atoms with E-state index in [1.807, 2.05) is 12.1 Å². The molecule has 0 aliphatic carbocycles. The predicted molar refractivity (Wildman–Crippen MR) is 65.7 cm³/mol. The Morgan fingerprint density at radius 3 is 2.67 bits per heavy atom. The van der Waals surface area contributed by atoms with Crippen molar-refractivity contribution in [3.05, 3.63) is 22.6 Å². The third-order valence-corrected chi connectivity index (χ3v) is 3.05. The van der Waals surface area contributed by atoms with Gasteiger partial charge < -0.3 is 15.9 Å². The van der Waals surface area contributed by atoms with Crippen LogP contribution in [0.4, 0.5) is 0 Å². The van der Waals surface area contributed by atoms with Crippen molar-refractivity contribution in [3.8, 4) is 0 Å². The Hall–Kier alpha value is -0.320. The van der Waals surface area contributed by atoms with Gasteiger partial charge in [0.15, 0.2) is 4.67 Å². The first-order valence-electron chi connectivity index (χ1n) is 5.40. The number of halogens is 1. The van der Waals surface area contributed by atoms with Gasteiger partial charge in [0.1, 0.15) is 5.76 Å². The van der Waals surface area contributed by atoms with Crippen LogP contribution in [0.2, 0.25) is 0 Å². The lowest BCUT2D eigenvalue weighted by Gasteiger charge is -2.20. The van der Waals surface area contributed by atoms with Crippen LogP contribution in [-0.2, 0) is 0 Å². The van der Waals surface area contributed by atoms with E-state index < -0.39 is 0 Å². The molecule has 0 amide bonds. The van der Waals surface area contributed by atoms with E-state index in [1.165, 1.54) is 0 Å². The first-order chi connectivity index (χ1) is 7.19. The number of hydrogen-bond acceptors (Lipinski definition) is 3. The molecule has 0 saturated carbocycles. The molecule has 86 valence electrons. The summed E-state index contributed by atoms with van der Waals surface area (Å²) in [5, 5.41) is 0. The van der Waals surface area contributed by atoms with Crippen LogP contribution in [0.5, 0.6) is 0 Å². The van der Waals surface area contributed by atoms with Gasteiger partial charge in [-0.2, -0.15) is 0 Å². The smallest absolute Gasteiger partial charge is 0.169 e. The molecule has 0 aliphatic heterocycles. The molecule has 0 fully saturated rings. The van der Waals surface area contributed by atoms with E-state index in [1.54, 1.807) is 0 Å². The summed E-state index contributed by atoms with van der Waals surface area (Å²) in [6.07, 6.45) is 3.29. The summed E-state index contributed by atoms with van der Waals surface area (Å²) in [5.74, 6) is 1.01. The Labute approximate surface area is 99.3 Å². The first-order valence-corrected chi connectivity index (χ1v) is 6.19. The summed E-state index contributed by atoms with van der Waals surface area (Å²) in [4.78, 5) is 0. The lowest BCUT2D eigenvalue weighted by Crippen LogP contribution is -2.33. The lowest BCUT2D eigenvalue weighted by atomic mass is 9.94. The molecule has 0 aromatic carbocycles. The predicted octanol–water partition coefficient (Wildman–Crippen LogP) is 2.60. The van der Waals surface area contributed by atoms with Crippen LogP contribution in [0.15, 0.2) is 21.2 Å². The van der Waals surface area contributed by atoms with Crippen molar-refractivity contribution in [2.75, 3.05) is 6.54 Å². The standard InChI is InChI=1S/C11H19BrN2O/c1-2-3-4-9(14)8(7-13)10-5-6-11(12)15-10/h5-6,8-9H,2-4,7,13-14H2,1H3. The van der Waals surface area contributed by atoms with Crippen molar-refractivity contribution in [1.29, 1.82) is 0 Å². The second-order valence-electron chi connectivity index (χ2n) is 3.79. The fraction of sp³-hybridized carbons (Fsp3) is 0.636. The number of nitrogens with two attached hydrogens (primary N) is 2. The van der Waals surface area contributed by atoms with E-state index in [0.29, 0.717) is 6.54 Å². The van der Waals surface area contributed by atoms with E-state index in [9.17, 15) is 0 Å². The molecule has 1 rings (SSSR count). The Balaban J connectivity index is 2.62. The van der Waals surface area contributed by atoms with Gasteiger partial charge in [0, 0.05) is 18.5 Å². The van der Waals surface area contributed by atoms with Gasteiger partial charge >= 0.3 is 0 Å². The van der Waals surface area contributed by atoms with Gasteiger partial charge in [-0.3, -0.25) is 0 Å². The highest BCUT2D eigenvalue weighted by molar-refractivity contribution is 9.10. The molecular formula is C11H19BrN2O. The zero-order valence-corrected chi connectivity index (χ0v) is 10.7. The second kappa shape index (κ2) is 6.30. The minimum absolute atomic E-state index is 0.0907. The van der Waals surface area contributed by atoms with E-state index in [-0.39, 0.29) is 12.0 Å². The van der Waals surface area contributed by atoms with Gasteiger partial charge in [-0.05, 0) is 34.5 Å². The van der Waals surface area contributed by atoms with Crippen LogP contribution in [0.25, 0.3) is 0 Å². The number of hydrogen-bond donors (Lipinski definition) is 2. The van der Waals surface area contributed by atoms with Crippen LogP contribution in [0, 0.1) is 0 Å². The maximum Gasteiger partial charge on any atom is 0.169 e. The molecule has 1 heterocycles. The molecule has 2 unspecified atom stereocenters. The highest BCUT2D eigenvalue weighted by Gasteiger charge is 2.20. The molecule has 0 radical (unpaired) electrons. The second-order valence-corrected chi connectivity index (χ2v) is 4.57. The van der Waals surface area contributed by atoms with Gasteiger partial charge in [-0.1, -0.05) is 19.8 Å². The third-order valence-electron chi connectivity index (χ3n) is 2.62. The molecule has 3 nitrogen and oxygen atoms in total. The van der Waals surface area contributed by atoms with E-state index >= 15 is 0 Å². The number of furan rings is 1. The normalized spacial score (nSPS) is 15.2. The SMILES string of the molecule is CCCCC(N)C(CN)c1ccc(Br)o1. The van der Waals surface area contributed by atoms with Gasteiger partial charge in [0.2, 0.25) is 0 Å². The largest absolute Gasteiger partial charge is 0.454 e. The average Bonchev–Trinajstić information content (AvgIpc) is 2.63. The topological polar surface area (TPSA) is 65.2 Å². The summed E-state index contributed by atoms with van der Waals surface area (Å²) >= 11 is 3.28. The van der Waals surface area contributed by atoms with Gasteiger partial charge in [-0.25, -0.2) is 0 Å². The summed E-state index contributed by atoms with van der Waals surface area (Å²) in [6.45, 7) is 2.69. The highest BCUT2D eigenvalue weighted by Crippen LogP contribution is 2.25. The molecular weight excluding hydrogens is 256 g/mol. The Morgan fingerprint density at radius 1 is 1.47 bits per heavy atom. The molecule has 4 N–H and O–H groups in total. The summed E-state index contributed by atoms with van der Waals surface area (Å²) in [7, 11) is 0. The third kappa shape index (κ3) is 3.63. The fourth-order valence-corrected chi connectivity index (χ4v) is 1.99. The first kappa shape index (κ1) is 12.7. The van der Waals surface area contributed by atoms with Crippen LogP contribution in [0.1, 0.15) is 37.9 Å². The Morgan fingerprint density at radius 2 is 2.20 bits per heavy atom. The van der Waals surface area contributed by atoms with Gasteiger partial charge in [0.05, 0.1) is 0 Å². The van der Waals surface area contributed by atoms with Crippen LogP contribution < -0.4 is 11.5 Å². The monoisotopic (exact) mass is 274 g/mol. The number of rotatable bonds is 6. The Kier molecular flexibility index (Phi) is 5.36. The summed E-state index contributed by atoms with van der Waals surface area (Å²) in [5.41, 5.74) is 11.8. The quantitative estimate of drug-likeness (QED) is 0.838. The molecule has 1 aromatic heterocycles. The van der Waals surface area contributed by atoms with Crippen molar-refractivity contribution >= 4 is 15.9 Å². The summed E-state index contributed by atoms with van der Waals surface area (Å²) < 4.78 is 6.23. The zero-order chi connectivity index (χ0) is 11.3. The molecule has 4 heteroatoms.